The van der Waals surface area contributed by atoms with Crippen LogP contribution in [0.4, 0.5) is 0 Å². The molecule has 21 heavy (non-hydrogen) atoms. The van der Waals surface area contributed by atoms with Gasteiger partial charge in [0, 0.05) is 12.1 Å². The molecule has 2 rings (SSSR count). The van der Waals surface area contributed by atoms with Crippen molar-refractivity contribution < 1.29 is 4.74 Å². The van der Waals surface area contributed by atoms with E-state index in [4.69, 9.17) is 4.74 Å². The zero-order valence-electron chi connectivity index (χ0n) is 13.1. The van der Waals surface area contributed by atoms with Gasteiger partial charge in [0.05, 0.1) is 18.1 Å². The second kappa shape index (κ2) is 6.68. The molecule has 0 saturated heterocycles. The van der Waals surface area contributed by atoms with Crippen LogP contribution in [0.15, 0.2) is 42.7 Å². The Kier molecular flexibility index (Phi) is 4.91. The molecule has 0 aliphatic heterocycles. The minimum atomic E-state index is -0.0425. The SMILES string of the molecule is CC(Oc1cnc(CNC(C)(C)C)cn1)c1ccccc1. The topological polar surface area (TPSA) is 47.0 Å². The minimum Gasteiger partial charge on any atom is -0.469 e. The maximum absolute atomic E-state index is 5.81. The zero-order valence-corrected chi connectivity index (χ0v) is 13.1. The molecule has 1 aromatic heterocycles. The van der Waals surface area contributed by atoms with Crippen molar-refractivity contribution in [1.82, 2.24) is 15.3 Å². The molecule has 0 bridgehead atoms. The fourth-order valence-electron chi connectivity index (χ4n) is 1.82. The van der Waals surface area contributed by atoms with Crippen LogP contribution < -0.4 is 10.1 Å². The molecule has 1 N–H and O–H groups in total. The van der Waals surface area contributed by atoms with Crippen molar-refractivity contribution in [2.75, 3.05) is 0 Å². The Morgan fingerprint density at radius 2 is 1.81 bits per heavy atom. The Morgan fingerprint density at radius 1 is 1.10 bits per heavy atom. The van der Waals surface area contributed by atoms with Crippen LogP contribution in [0.5, 0.6) is 5.88 Å². The lowest BCUT2D eigenvalue weighted by molar-refractivity contribution is 0.216. The van der Waals surface area contributed by atoms with E-state index in [-0.39, 0.29) is 11.6 Å². The monoisotopic (exact) mass is 285 g/mol. The maximum atomic E-state index is 5.81. The van der Waals surface area contributed by atoms with E-state index in [0.717, 1.165) is 11.3 Å². The normalized spacial score (nSPS) is 13.0. The third kappa shape index (κ3) is 5.16. The number of aromatic nitrogens is 2. The first kappa shape index (κ1) is 15.4. The molecular weight excluding hydrogens is 262 g/mol. The number of hydrogen-bond acceptors (Lipinski definition) is 4. The van der Waals surface area contributed by atoms with Crippen LogP contribution in [0.3, 0.4) is 0 Å². The molecule has 0 aliphatic rings. The van der Waals surface area contributed by atoms with Gasteiger partial charge < -0.3 is 10.1 Å². The average molecular weight is 285 g/mol. The highest BCUT2D eigenvalue weighted by Crippen LogP contribution is 2.18. The van der Waals surface area contributed by atoms with Gasteiger partial charge in [0.2, 0.25) is 5.88 Å². The molecule has 0 spiro atoms. The van der Waals surface area contributed by atoms with Crippen LogP contribution in [0.2, 0.25) is 0 Å². The van der Waals surface area contributed by atoms with Gasteiger partial charge >= 0.3 is 0 Å². The van der Waals surface area contributed by atoms with Crippen LogP contribution in [0.25, 0.3) is 0 Å². The first-order chi connectivity index (χ1) is 9.94. The molecule has 1 aromatic carbocycles. The van der Waals surface area contributed by atoms with Crippen LogP contribution >= 0.6 is 0 Å². The van der Waals surface area contributed by atoms with Crippen LogP contribution in [-0.2, 0) is 6.54 Å². The highest BCUT2D eigenvalue weighted by atomic mass is 16.5. The maximum Gasteiger partial charge on any atom is 0.232 e. The van der Waals surface area contributed by atoms with E-state index in [9.17, 15) is 0 Å². The van der Waals surface area contributed by atoms with Crippen molar-refractivity contribution in [3.8, 4) is 5.88 Å². The molecule has 0 amide bonds. The summed E-state index contributed by atoms with van der Waals surface area (Å²) in [5.74, 6) is 0.547. The smallest absolute Gasteiger partial charge is 0.232 e. The number of ether oxygens (including phenoxy) is 1. The van der Waals surface area contributed by atoms with Gasteiger partial charge in [0.15, 0.2) is 0 Å². The zero-order chi connectivity index (χ0) is 15.3. The molecule has 1 heterocycles. The summed E-state index contributed by atoms with van der Waals surface area (Å²) < 4.78 is 5.81. The lowest BCUT2D eigenvalue weighted by Crippen LogP contribution is -2.35. The first-order valence-electron chi connectivity index (χ1n) is 7.21. The van der Waals surface area contributed by atoms with Gasteiger partial charge in [-0.2, -0.15) is 0 Å². The van der Waals surface area contributed by atoms with Gasteiger partial charge in [-0.1, -0.05) is 30.3 Å². The number of benzene rings is 1. The Labute approximate surface area is 126 Å². The molecule has 1 atom stereocenters. The van der Waals surface area contributed by atoms with Gasteiger partial charge in [0.25, 0.3) is 0 Å². The summed E-state index contributed by atoms with van der Waals surface area (Å²) in [6, 6.07) is 10.1. The predicted octanol–water partition coefficient (Wildman–Crippen LogP) is 3.50. The first-order valence-corrected chi connectivity index (χ1v) is 7.21. The van der Waals surface area contributed by atoms with Crippen molar-refractivity contribution in [2.45, 2.75) is 45.9 Å². The van der Waals surface area contributed by atoms with E-state index in [1.165, 1.54) is 0 Å². The summed E-state index contributed by atoms with van der Waals surface area (Å²) >= 11 is 0. The molecule has 112 valence electrons. The molecule has 2 aromatic rings. The Bertz CT molecular complexity index is 546. The molecule has 0 radical (unpaired) electrons. The summed E-state index contributed by atoms with van der Waals surface area (Å²) in [6.45, 7) is 9.08. The van der Waals surface area contributed by atoms with Gasteiger partial charge in [-0.05, 0) is 33.3 Å². The minimum absolute atomic E-state index is 0.0425. The number of hydrogen-bond donors (Lipinski definition) is 1. The second-order valence-corrected chi connectivity index (χ2v) is 6.12. The highest BCUT2D eigenvalue weighted by molar-refractivity contribution is 5.18. The van der Waals surface area contributed by atoms with Crippen molar-refractivity contribution in [3.63, 3.8) is 0 Å². The Morgan fingerprint density at radius 3 is 2.38 bits per heavy atom. The average Bonchev–Trinajstić information content (AvgIpc) is 2.46. The summed E-state index contributed by atoms with van der Waals surface area (Å²) in [5.41, 5.74) is 2.10. The standard InChI is InChI=1S/C17H23N3O/c1-13(14-8-6-5-7-9-14)21-16-12-18-15(10-19-16)11-20-17(2,3)4/h5-10,12-13,20H,11H2,1-4H3. The Balaban J connectivity index is 1.93. The summed E-state index contributed by atoms with van der Waals surface area (Å²) in [6.07, 6.45) is 3.39. The molecule has 1 unspecified atom stereocenters. The van der Waals surface area contributed by atoms with E-state index < -0.39 is 0 Å². The van der Waals surface area contributed by atoms with Gasteiger partial charge in [0.1, 0.15) is 6.10 Å². The van der Waals surface area contributed by atoms with Crippen molar-refractivity contribution in [3.05, 3.63) is 54.0 Å². The van der Waals surface area contributed by atoms with E-state index in [0.29, 0.717) is 12.4 Å². The van der Waals surface area contributed by atoms with E-state index >= 15 is 0 Å². The van der Waals surface area contributed by atoms with E-state index in [1.807, 2.05) is 37.3 Å². The third-order valence-electron chi connectivity index (χ3n) is 3.05. The second-order valence-electron chi connectivity index (χ2n) is 6.12. The number of nitrogens with one attached hydrogen (secondary N) is 1. The molecule has 0 fully saturated rings. The number of rotatable bonds is 5. The molecule has 4 nitrogen and oxygen atoms in total. The third-order valence-corrected chi connectivity index (χ3v) is 3.05. The van der Waals surface area contributed by atoms with Crippen molar-refractivity contribution in [2.24, 2.45) is 0 Å². The lowest BCUT2D eigenvalue weighted by atomic mass is 10.1. The molecular formula is C17H23N3O. The number of nitrogens with zero attached hydrogens (tertiary/aromatic N) is 2. The van der Waals surface area contributed by atoms with E-state index in [2.05, 4.69) is 36.1 Å². The van der Waals surface area contributed by atoms with Crippen LogP contribution in [0.1, 0.15) is 45.1 Å². The quantitative estimate of drug-likeness (QED) is 0.913. The van der Waals surface area contributed by atoms with Gasteiger partial charge in [-0.15, -0.1) is 0 Å². The van der Waals surface area contributed by atoms with Gasteiger partial charge in [-0.25, -0.2) is 4.98 Å². The molecule has 0 aliphatic carbocycles. The molecule has 0 saturated carbocycles. The Hall–Kier alpha value is -1.94. The van der Waals surface area contributed by atoms with Crippen molar-refractivity contribution in [1.29, 1.82) is 0 Å². The molecule has 4 heteroatoms. The van der Waals surface area contributed by atoms with Crippen LogP contribution in [-0.4, -0.2) is 15.5 Å². The van der Waals surface area contributed by atoms with Gasteiger partial charge in [-0.3, -0.25) is 4.98 Å². The predicted molar refractivity (Wildman–Crippen MR) is 84.1 cm³/mol. The summed E-state index contributed by atoms with van der Waals surface area (Å²) in [4.78, 5) is 8.70. The van der Waals surface area contributed by atoms with E-state index in [1.54, 1.807) is 12.4 Å². The van der Waals surface area contributed by atoms with Crippen molar-refractivity contribution >= 4 is 0 Å². The highest BCUT2D eigenvalue weighted by Gasteiger charge is 2.10. The largest absolute Gasteiger partial charge is 0.469 e. The summed E-state index contributed by atoms with van der Waals surface area (Å²) in [7, 11) is 0. The fraction of sp³-hybridized carbons (Fsp3) is 0.412. The summed E-state index contributed by atoms with van der Waals surface area (Å²) in [5, 5.41) is 3.38. The lowest BCUT2D eigenvalue weighted by Gasteiger charge is -2.20. The van der Waals surface area contributed by atoms with Crippen LogP contribution in [0, 0.1) is 0 Å². The fourth-order valence-corrected chi connectivity index (χ4v) is 1.82.